The molecule has 0 atom stereocenters. The number of hydrogen-bond donors (Lipinski definition) is 1. The van der Waals surface area contributed by atoms with Crippen LogP contribution in [0.25, 0.3) is 0 Å². The lowest BCUT2D eigenvalue weighted by Gasteiger charge is -2.30. The number of amides is 1. The van der Waals surface area contributed by atoms with Crippen LogP contribution in [0.5, 0.6) is 5.75 Å². The van der Waals surface area contributed by atoms with E-state index < -0.39 is 15.8 Å². The number of hydrogen-bond acceptors (Lipinski definition) is 4. The van der Waals surface area contributed by atoms with Crippen molar-refractivity contribution in [3.05, 3.63) is 52.3 Å². The fourth-order valence-corrected chi connectivity index (χ4v) is 5.22. The monoisotopic (exact) mass is 474 g/mol. The number of nitrogens with one attached hydrogen (secondary N) is 1. The average Bonchev–Trinajstić information content (AvgIpc) is 2.72. The van der Waals surface area contributed by atoms with Gasteiger partial charge >= 0.3 is 0 Å². The Morgan fingerprint density at radius 1 is 1.17 bits per heavy atom. The number of halogens is 3. The summed E-state index contributed by atoms with van der Waals surface area (Å²) in [4.78, 5) is 12.6. The maximum Gasteiger partial charge on any atom is 0.243 e. The normalized spacial score (nSPS) is 15.7. The van der Waals surface area contributed by atoms with Gasteiger partial charge in [-0.15, -0.1) is 0 Å². The van der Waals surface area contributed by atoms with E-state index in [9.17, 15) is 17.6 Å². The van der Waals surface area contributed by atoms with Crippen molar-refractivity contribution in [1.29, 1.82) is 0 Å². The number of rotatable bonds is 6. The highest BCUT2D eigenvalue weighted by Crippen LogP contribution is 2.31. The number of anilines is 1. The van der Waals surface area contributed by atoms with Crippen LogP contribution in [0, 0.1) is 11.7 Å². The van der Waals surface area contributed by atoms with E-state index in [1.165, 1.54) is 40.7 Å². The van der Waals surface area contributed by atoms with Gasteiger partial charge < -0.3 is 10.1 Å². The van der Waals surface area contributed by atoms with Crippen LogP contribution in [-0.4, -0.2) is 38.3 Å². The van der Waals surface area contributed by atoms with E-state index >= 15 is 0 Å². The number of carbonyl (C=O) groups excluding carboxylic acids is 1. The minimum atomic E-state index is -3.73. The first-order valence-electron chi connectivity index (χ1n) is 9.40. The summed E-state index contributed by atoms with van der Waals surface area (Å²) in [7, 11) is -3.73. The maximum absolute atomic E-state index is 13.2. The van der Waals surface area contributed by atoms with Crippen molar-refractivity contribution in [2.45, 2.75) is 24.7 Å². The summed E-state index contributed by atoms with van der Waals surface area (Å²) in [6.07, 6.45) is 0.732. The molecule has 1 amide bonds. The van der Waals surface area contributed by atoms with Crippen molar-refractivity contribution >= 4 is 44.8 Å². The molecule has 1 fully saturated rings. The molecule has 1 N–H and O–H groups in total. The molecule has 10 heteroatoms. The summed E-state index contributed by atoms with van der Waals surface area (Å²) < 4.78 is 45.8. The van der Waals surface area contributed by atoms with Gasteiger partial charge in [0.1, 0.15) is 11.6 Å². The fraction of sp³-hybridized carbons (Fsp3) is 0.350. The summed E-state index contributed by atoms with van der Waals surface area (Å²) in [5, 5.41) is 2.85. The minimum absolute atomic E-state index is 0.0808. The SMILES string of the molecule is CCOc1ccc(S(=O)(=O)N2CCC(C(=O)Nc3ccc(F)c(Cl)c3)CC2)cc1Cl. The van der Waals surface area contributed by atoms with Gasteiger partial charge in [0.15, 0.2) is 0 Å². The van der Waals surface area contributed by atoms with E-state index in [-0.39, 0.29) is 39.9 Å². The smallest absolute Gasteiger partial charge is 0.243 e. The van der Waals surface area contributed by atoms with Crippen molar-refractivity contribution in [3.8, 4) is 5.75 Å². The molecular weight excluding hydrogens is 454 g/mol. The third-order valence-corrected chi connectivity index (χ3v) is 7.33. The van der Waals surface area contributed by atoms with E-state index in [1.54, 1.807) is 0 Å². The van der Waals surface area contributed by atoms with Crippen LogP contribution in [0.3, 0.4) is 0 Å². The molecule has 0 saturated carbocycles. The Kier molecular flexibility index (Phi) is 7.23. The van der Waals surface area contributed by atoms with Gasteiger partial charge in [0.25, 0.3) is 0 Å². The summed E-state index contributed by atoms with van der Waals surface area (Å²) in [5.74, 6) is -0.750. The van der Waals surface area contributed by atoms with Gasteiger partial charge in [-0.1, -0.05) is 23.2 Å². The van der Waals surface area contributed by atoms with E-state index in [0.717, 1.165) is 0 Å². The Morgan fingerprint density at radius 2 is 1.87 bits per heavy atom. The third kappa shape index (κ3) is 5.06. The Hall–Kier alpha value is -1.87. The van der Waals surface area contributed by atoms with Gasteiger partial charge in [-0.05, 0) is 56.2 Å². The van der Waals surface area contributed by atoms with Crippen LogP contribution in [0.1, 0.15) is 19.8 Å². The molecule has 0 bridgehead atoms. The van der Waals surface area contributed by atoms with Crippen LogP contribution in [-0.2, 0) is 14.8 Å². The lowest BCUT2D eigenvalue weighted by atomic mass is 9.97. The first-order chi connectivity index (χ1) is 14.2. The van der Waals surface area contributed by atoms with E-state index in [2.05, 4.69) is 5.32 Å². The van der Waals surface area contributed by atoms with Gasteiger partial charge in [-0.3, -0.25) is 4.79 Å². The van der Waals surface area contributed by atoms with Gasteiger partial charge in [0.2, 0.25) is 15.9 Å². The molecule has 0 radical (unpaired) electrons. The first-order valence-corrected chi connectivity index (χ1v) is 11.6. The van der Waals surface area contributed by atoms with Crippen molar-refractivity contribution < 1.29 is 22.3 Å². The number of carbonyl (C=O) groups is 1. The van der Waals surface area contributed by atoms with Crippen molar-refractivity contribution in [2.75, 3.05) is 25.0 Å². The summed E-state index contributed by atoms with van der Waals surface area (Å²) in [6.45, 7) is 2.64. The Morgan fingerprint density at radius 3 is 2.47 bits per heavy atom. The average molecular weight is 475 g/mol. The van der Waals surface area contributed by atoms with Crippen LogP contribution in [0.2, 0.25) is 10.0 Å². The summed E-state index contributed by atoms with van der Waals surface area (Å²) in [5.41, 5.74) is 0.394. The molecule has 162 valence electrons. The standard InChI is InChI=1S/C20H21Cl2FN2O4S/c1-2-29-19-6-4-15(12-17(19)22)30(27,28)25-9-7-13(8-10-25)20(26)24-14-3-5-18(23)16(21)11-14/h3-6,11-13H,2,7-10H2,1H3,(H,24,26). The number of sulfonamides is 1. The highest BCUT2D eigenvalue weighted by molar-refractivity contribution is 7.89. The Balaban J connectivity index is 1.63. The lowest BCUT2D eigenvalue weighted by Crippen LogP contribution is -2.41. The molecule has 1 heterocycles. The quantitative estimate of drug-likeness (QED) is 0.664. The van der Waals surface area contributed by atoms with Crippen molar-refractivity contribution in [1.82, 2.24) is 4.31 Å². The molecule has 1 aliphatic rings. The molecule has 0 aromatic heterocycles. The molecule has 0 aliphatic carbocycles. The Bertz CT molecular complexity index is 1040. The minimum Gasteiger partial charge on any atom is -0.492 e. The number of nitrogens with zero attached hydrogens (tertiary/aromatic N) is 1. The number of piperidine rings is 1. The molecular formula is C20H21Cl2FN2O4S. The van der Waals surface area contributed by atoms with Gasteiger partial charge in [-0.2, -0.15) is 4.31 Å². The second-order valence-electron chi connectivity index (χ2n) is 6.82. The molecule has 1 aliphatic heterocycles. The third-order valence-electron chi connectivity index (χ3n) is 4.85. The van der Waals surface area contributed by atoms with E-state index in [4.69, 9.17) is 27.9 Å². The zero-order chi connectivity index (χ0) is 21.9. The van der Waals surface area contributed by atoms with Crippen molar-refractivity contribution in [3.63, 3.8) is 0 Å². The summed E-state index contributed by atoms with van der Waals surface area (Å²) >= 11 is 11.9. The molecule has 2 aromatic rings. The topological polar surface area (TPSA) is 75.7 Å². The molecule has 0 unspecified atom stereocenters. The maximum atomic E-state index is 13.2. The fourth-order valence-electron chi connectivity index (χ4n) is 3.24. The Labute approximate surface area is 185 Å². The van der Waals surface area contributed by atoms with E-state index in [0.29, 0.717) is 30.9 Å². The highest BCUT2D eigenvalue weighted by atomic mass is 35.5. The molecule has 2 aromatic carbocycles. The van der Waals surface area contributed by atoms with Crippen molar-refractivity contribution in [2.24, 2.45) is 5.92 Å². The molecule has 3 rings (SSSR count). The number of ether oxygens (including phenoxy) is 1. The van der Waals surface area contributed by atoms with Crippen LogP contribution in [0.4, 0.5) is 10.1 Å². The van der Waals surface area contributed by atoms with Gasteiger partial charge in [0.05, 0.1) is 21.5 Å². The van der Waals surface area contributed by atoms with Gasteiger partial charge in [-0.25, -0.2) is 12.8 Å². The van der Waals surface area contributed by atoms with Crippen LogP contribution < -0.4 is 10.1 Å². The number of benzene rings is 2. The largest absolute Gasteiger partial charge is 0.492 e. The van der Waals surface area contributed by atoms with Crippen LogP contribution in [0.15, 0.2) is 41.3 Å². The highest BCUT2D eigenvalue weighted by Gasteiger charge is 2.32. The molecule has 30 heavy (non-hydrogen) atoms. The predicted octanol–water partition coefficient (Wildman–Crippen LogP) is 4.57. The zero-order valence-corrected chi connectivity index (χ0v) is 18.5. The van der Waals surface area contributed by atoms with E-state index in [1.807, 2.05) is 6.92 Å². The molecule has 6 nitrogen and oxygen atoms in total. The second-order valence-corrected chi connectivity index (χ2v) is 9.57. The summed E-state index contributed by atoms with van der Waals surface area (Å²) in [6, 6.07) is 8.31. The molecule has 0 spiro atoms. The predicted molar refractivity (Wildman–Crippen MR) is 114 cm³/mol. The first kappa shape index (κ1) is 22.8. The molecule has 1 saturated heterocycles. The second kappa shape index (κ2) is 9.51. The van der Waals surface area contributed by atoms with Crippen LogP contribution >= 0.6 is 23.2 Å². The zero-order valence-electron chi connectivity index (χ0n) is 16.2. The lowest BCUT2D eigenvalue weighted by molar-refractivity contribution is -0.120. The van der Waals surface area contributed by atoms with Gasteiger partial charge in [0, 0.05) is 24.7 Å².